The number of hydrogen-bond donors (Lipinski definition) is 0. The minimum atomic E-state index is -0.0626. The number of carbonyl (C=O) groups is 1. The summed E-state index contributed by atoms with van der Waals surface area (Å²) in [6.45, 7) is 1.95. The number of nitrogens with zero attached hydrogens (tertiary/aromatic N) is 2. The number of ketones is 1. The Morgan fingerprint density at radius 1 is 1.30 bits per heavy atom. The number of aromatic nitrogens is 2. The summed E-state index contributed by atoms with van der Waals surface area (Å²) >= 11 is 0. The first-order chi connectivity index (χ1) is 9.72. The van der Waals surface area contributed by atoms with E-state index in [-0.39, 0.29) is 24.4 Å². The van der Waals surface area contributed by atoms with Crippen molar-refractivity contribution in [2.75, 3.05) is 6.79 Å². The van der Waals surface area contributed by atoms with Gasteiger partial charge in [0.25, 0.3) is 0 Å². The molecule has 2 unspecified atom stereocenters. The molecule has 0 saturated heterocycles. The maximum Gasteiger partial charge on any atom is 0.231 e. The summed E-state index contributed by atoms with van der Waals surface area (Å²) in [6, 6.07) is 5.28. The number of aryl methyl sites for hydroxylation is 1. The molecule has 2 atom stereocenters. The van der Waals surface area contributed by atoms with Gasteiger partial charge >= 0.3 is 0 Å². The summed E-state index contributed by atoms with van der Waals surface area (Å²) in [5, 5.41) is 3.88. The topological polar surface area (TPSA) is 74.5 Å². The molecule has 0 bridgehead atoms. The normalized spacial score (nSPS) is 22.9. The Kier molecular flexibility index (Phi) is 2.33. The molecule has 1 aromatic heterocycles. The van der Waals surface area contributed by atoms with Gasteiger partial charge in [0.2, 0.25) is 12.7 Å². The van der Waals surface area contributed by atoms with E-state index in [1.54, 1.807) is 25.1 Å². The molecule has 1 aliphatic heterocycles. The number of hydrogen-bond acceptors (Lipinski definition) is 6. The predicted octanol–water partition coefficient (Wildman–Crippen LogP) is 2.09. The van der Waals surface area contributed by atoms with Gasteiger partial charge in [0, 0.05) is 24.3 Å². The zero-order valence-corrected chi connectivity index (χ0v) is 10.8. The standard InChI is InChI=1S/C14H12N2O4/c1-7-15-14(16-20-7)10-5-9(10)13(17)8-2-3-11-12(4-8)19-6-18-11/h2-4,9-10H,5-6H2,1H3. The molecule has 2 aromatic rings. The molecule has 6 nitrogen and oxygen atoms in total. The Balaban J connectivity index is 1.54. The van der Waals surface area contributed by atoms with E-state index >= 15 is 0 Å². The third kappa shape index (κ3) is 1.76. The van der Waals surface area contributed by atoms with Crippen molar-refractivity contribution in [2.24, 2.45) is 5.92 Å². The van der Waals surface area contributed by atoms with Gasteiger partial charge in [0.1, 0.15) is 0 Å². The van der Waals surface area contributed by atoms with Crippen molar-refractivity contribution >= 4 is 5.78 Å². The molecular formula is C14H12N2O4. The van der Waals surface area contributed by atoms with Gasteiger partial charge in [-0.2, -0.15) is 4.98 Å². The lowest BCUT2D eigenvalue weighted by Gasteiger charge is -2.01. The molecule has 1 fully saturated rings. The average Bonchev–Trinajstić information content (AvgIpc) is 2.90. The maximum atomic E-state index is 12.4. The Hall–Kier alpha value is -2.37. The zero-order chi connectivity index (χ0) is 13.7. The molecule has 0 N–H and O–H groups in total. The molecule has 0 amide bonds. The van der Waals surface area contributed by atoms with Crippen LogP contribution in [0.2, 0.25) is 0 Å². The minimum absolute atomic E-state index is 0.0626. The molecule has 0 radical (unpaired) electrons. The van der Waals surface area contributed by atoms with Crippen molar-refractivity contribution in [3.63, 3.8) is 0 Å². The third-order valence-electron chi connectivity index (χ3n) is 3.66. The predicted molar refractivity (Wildman–Crippen MR) is 66.8 cm³/mol. The van der Waals surface area contributed by atoms with Crippen molar-refractivity contribution in [1.82, 2.24) is 10.1 Å². The van der Waals surface area contributed by atoms with Crippen LogP contribution in [0.15, 0.2) is 22.7 Å². The number of rotatable bonds is 3. The zero-order valence-electron chi connectivity index (χ0n) is 10.8. The first-order valence-electron chi connectivity index (χ1n) is 6.46. The molecule has 6 heteroatoms. The molecule has 1 aliphatic carbocycles. The quantitative estimate of drug-likeness (QED) is 0.796. The SMILES string of the molecule is Cc1nc(C2CC2C(=O)c2ccc3c(c2)OCO3)no1. The van der Waals surface area contributed by atoms with Crippen LogP contribution < -0.4 is 9.47 Å². The molecule has 2 aliphatic rings. The van der Waals surface area contributed by atoms with Crippen molar-refractivity contribution in [1.29, 1.82) is 0 Å². The van der Waals surface area contributed by atoms with Crippen LogP contribution in [0.1, 0.15) is 34.4 Å². The Morgan fingerprint density at radius 3 is 2.95 bits per heavy atom. The van der Waals surface area contributed by atoms with Crippen molar-refractivity contribution < 1.29 is 18.8 Å². The summed E-state index contributed by atoms with van der Waals surface area (Å²) in [5.41, 5.74) is 0.641. The van der Waals surface area contributed by atoms with Crippen LogP contribution in [0.25, 0.3) is 0 Å². The Morgan fingerprint density at radius 2 is 2.15 bits per heavy atom. The van der Waals surface area contributed by atoms with E-state index in [4.69, 9.17) is 14.0 Å². The van der Waals surface area contributed by atoms with Gasteiger partial charge in [-0.25, -0.2) is 0 Å². The summed E-state index contributed by atoms with van der Waals surface area (Å²) in [5.74, 6) is 2.57. The van der Waals surface area contributed by atoms with Crippen LogP contribution in [-0.2, 0) is 0 Å². The summed E-state index contributed by atoms with van der Waals surface area (Å²) in [7, 11) is 0. The third-order valence-corrected chi connectivity index (χ3v) is 3.66. The van der Waals surface area contributed by atoms with Gasteiger partial charge in [-0.1, -0.05) is 5.16 Å². The van der Waals surface area contributed by atoms with Gasteiger partial charge < -0.3 is 14.0 Å². The van der Waals surface area contributed by atoms with Gasteiger partial charge in [0.15, 0.2) is 23.1 Å². The van der Waals surface area contributed by atoms with Crippen LogP contribution in [-0.4, -0.2) is 22.7 Å². The molecular weight excluding hydrogens is 260 g/mol. The Bertz CT molecular complexity index is 694. The second-order valence-corrected chi connectivity index (χ2v) is 5.05. The fraction of sp³-hybridized carbons (Fsp3) is 0.357. The monoisotopic (exact) mass is 272 g/mol. The highest BCUT2D eigenvalue weighted by molar-refractivity contribution is 6.00. The number of Topliss-reactive ketones (excluding diaryl/α,β-unsaturated/α-hetero) is 1. The number of ether oxygens (including phenoxy) is 2. The Labute approximate surface area is 114 Å². The largest absolute Gasteiger partial charge is 0.454 e. The highest BCUT2D eigenvalue weighted by atomic mass is 16.7. The van der Waals surface area contributed by atoms with Crippen LogP contribution in [0.4, 0.5) is 0 Å². The fourth-order valence-corrected chi connectivity index (χ4v) is 2.50. The lowest BCUT2D eigenvalue weighted by atomic mass is 10.1. The van der Waals surface area contributed by atoms with E-state index in [0.29, 0.717) is 28.8 Å². The minimum Gasteiger partial charge on any atom is -0.454 e. The molecule has 2 heterocycles. The molecule has 0 spiro atoms. The number of carbonyl (C=O) groups excluding carboxylic acids is 1. The van der Waals surface area contributed by atoms with Gasteiger partial charge in [-0.05, 0) is 24.6 Å². The van der Waals surface area contributed by atoms with Crippen molar-refractivity contribution in [3.05, 3.63) is 35.5 Å². The smallest absolute Gasteiger partial charge is 0.231 e. The van der Waals surface area contributed by atoms with Crippen LogP contribution in [0, 0.1) is 12.8 Å². The van der Waals surface area contributed by atoms with E-state index in [0.717, 1.165) is 6.42 Å². The second kappa shape index (κ2) is 4.06. The van der Waals surface area contributed by atoms with E-state index in [2.05, 4.69) is 10.1 Å². The van der Waals surface area contributed by atoms with E-state index in [1.807, 2.05) is 0 Å². The molecule has 1 aromatic carbocycles. The lowest BCUT2D eigenvalue weighted by molar-refractivity contribution is 0.0964. The van der Waals surface area contributed by atoms with Crippen molar-refractivity contribution in [3.8, 4) is 11.5 Å². The maximum absolute atomic E-state index is 12.4. The van der Waals surface area contributed by atoms with Crippen LogP contribution in [0.5, 0.6) is 11.5 Å². The number of fused-ring (bicyclic) bond motifs is 1. The first-order valence-corrected chi connectivity index (χ1v) is 6.46. The van der Waals surface area contributed by atoms with E-state index in [9.17, 15) is 4.79 Å². The summed E-state index contributed by atoms with van der Waals surface area (Å²) in [4.78, 5) is 16.6. The van der Waals surface area contributed by atoms with Gasteiger partial charge in [0.05, 0.1) is 0 Å². The first kappa shape index (κ1) is 11.5. The average molecular weight is 272 g/mol. The van der Waals surface area contributed by atoms with E-state index in [1.165, 1.54) is 0 Å². The molecule has 4 rings (SSSR count). The molecule has 20 heavy (non-hydrogen) atoms. The summed E-state index contributed by atoms with van der Waals surface area (Å²) in [6.07, 6.45) is 0.770. The van der Waals surface area contributed by atoms with Crippen molar-refractivity contribution in [2.45, 2.75) is 19.3 Å². The van der Waals surface area contributed by atoms with Gasteiger partial charge in [-0.15, -0.1) is 0 Å². The summed E-state index contributed by atoms with van der Waals surface area (Å²) < 4.78 is 15.5. The number of benzene rings is 1. The lowest BCUT2D eigenvalue weighted by Crippen LogP contribution is -2.03. The highest BCUT2D eigenvalue weighted by Crippen LogP contribution is 2.48. The highest BCUT2D eigenvalue weighted by Gasteiger charge is 2.47. The van der Waals surface area contributed by atoms with Gasteiger partial charge in [-0.3, -0.25) is 4.79 Å². The fourth-order valence-electron chi connectivity index (χ4n) is 2.50. The van der Waals surface area contributed by atoms with E-state index < -0.39 is 0 Å². The van der Waals surface area contributed by atoms with Crippen LogP contribution >= 0.6 is 0 Å². The second-order valence-electron chi connectivity index (χ2n) is 5.05. The van der Waals surface area contributed by atoms with Crippen LogP contribution in [0.3, 0.4) is 0 Å². The molecule has 102 valence electrons. The molecule has 1 saturated carbocycles.